The number of carbonyl (C=O) groups is 1. The van der Waals surface area contributed by atoms with Crippen LogP contribution in [0.3, 0.4) is 0 Å². The highest BCUT2D eigenvalue weighted by Crippen LogP contribution is 2.21. The number of rotatable bonds is 2. The Morgan fingerprint density at radius 3 is 2.04 bits per heavy atom. The van der Waals surface area contributed by atoms with Crippen LogP contribution in [-0.4, -0.2) is 41.0 Å². The third kappa shape index (κ3) is 5.85. The predicted molar refractivity (Wildman–Crippen MR) is 99.9 cm³/mol. The Morgan fingerprint density at radius 2 is 1.65 bits per heavy atom. The fourth-order valence-electron chi connectivity index (χ4n) is 2.83. The highest BCUT2D eigenvalue weighted by molar-refractivity contribution is 5.77. The Kier molecular flexibility index (Phi) is 10.3. The normalized spacial score (nSPS) is 20.0. The van der Waals surface area contributed by atoms with Gasteiger partial charge < -0.3 is 9.80 Å². The van der Waals surface area contributed by atoms with E-state index in [1.54, 1.807) is 0 Å². The summed E-state index contributed by atoms with van der Waals surface area (Å²) < 4.78 is 0. The molecule has 0 aliphatic carbocycles. The van der Waals surface area contributed by atoms with Crippen molar-refractivity contribution in [3.8, 4) is 0 Å². The zero-order chi connectivity index (χ0) is 18.0. The van der Waals surface area contributed by atoms with E-state index < -0.39 is 0 Å². The number of aromatic nitrogens is 1. The van der Waals surface area contributed by atoms with Gasteiger partial charge in [-0.25, -0.2) is 4.98 Å². The Morgan fingerprint density at radius 1 is 1.13 bits per heavy atom. The van der Waals surface area contributed by atoms with E-state index in [4.69, 9.17) is 0 Å². The number of carbonyl (C=O) groups excluding carboxylic acids is 1. The van der Waals surface area contributed by atoms with Crippen molar-refractivity contribution >= 4 is 11.7 Å². The molecular weight excluding hydrogens is 286 g/mol. The van der Waals surface area contributed by atoms with Crippen molar-refractivity contribution in [3.05, 3.63) is 23.9 Å². The summed E-state index contributed by atoms with van der Waals surface area (Å²) in [6.07, 6.45) is 2.48. The fraction of sp³-hybridized carbons (Fsp3) is 0.684. The lowest BCUT2D eigenvalue weighted by Crippen LogP contribution is -2.58. The molecule has 2 heterocycles. The SMILES string of the molecule is CC.CC.CCC(=O)N1C(C)CN(c2ccc(C)cn2)CC1C. The molecule has 1 aliphatic rings. The molecule has 0 spiro atoms. The third-order valence-electron chi connectivity index (χ3n) is 3.73. The standard InChI is InChI=1S/C15H23N3O.2C2H6/c1-5-15(19)18-12(3)9-17(10-13(18)4)14-7-6-11(2)8-16-14;2*1-2/h6-8,12-13H,5,9-10H2,1-4H3;2*1-2H3. The van der Waals surface area contributed by atoms with Crippen molar-refractivity contribution in [2.75, 3.05) is 18.0 Å². The van der Waals surface area contributed by atoms with Crippen LogP contribution in [0.5, 0.6) is 0 Å². The van der Waals surface area contributed by atoms with Crippen LogP contribution in [0.4, 0.5) is 5.82 Å². The minimum atomic E-state index is 0.235. The Bertz CT molecular complexity index is 432. The third-order valence-corrected chi connectivity index (χ3v) is 3.73. The van der Waals surface area contributed by atoms with E-state index >= 15 is 0 Å². The maximum absolute atomic E-state index is 12.0. The average molecular weight is 322 g/mol. The van der Waals surface area contributed by atoms with Gasteiger partial charge >= 0.3 is 0 Å². The molecular formula is C19H35N3O. The number of nitrogens with zero attached hydrogens (tertiary/aromatic N) is 3. The molecule has 0 N–H and O–H groups in total. The van der Waals surface area contributed by atoms with Gasteiger partial charge in [0.2, 0.25) is 5.91 Å². The maximum Gasteiger partial charge on any atom is 0.222 e. The molecule has 1 amide bonds. The summed E-state index contributed by atoms with van der Waals surface area (Å²) in [5.41, 5.74) is 1.17. The summed E-state index contributed by atoms with van der Waals surface area (Å²) in [6.45, 7) is 17.9. The van der Waals surface area contributed by atoms with Crippen LogP contribution in [-0.2, 0) is 4.79 Å². The van der Waals surface area contributed by atoms with Gasteiger partial charge in [-0.3, -0.25) is 4.79 Å². The van der Waals surface area contributed by atoms with E-state index in [9.17, 15) is 4.79 Å². The van der Waals surface area contributed by atoms with Gasteiger partial charge in [-0.15, -0.1) is 0 Å². The average Bonchev–Trinajstić information content (AvgIpc) is 2.58. The number of pyridine rings is 1. The van der Waals surface area contributed by atoms with E-state index in [-0.39, 0.29) is 18.0 Å². The molecule has 132 valence electrons. The van der Waals surface area contributed by atoms with Crippen LogP contribution in [0.1, 0.15) is 60.5 Å². The van der Waals surface area contributed by atoms with E-state index in [0.29, 0.717) is 6.42 Å². The van der Waals surface area contributed by atoms with Crippen molar-refractivity contribution < 1.29 is 4.79 Å². The second kappa shape index (κ2) is 11.0. The molecule has 1 aliphatic heterocycles. The summed E-state index contributed by atoms with van der Waals surface area (Å²) in [7, 11) is 0. The molecule has 2 atom stereocenters. The summed E-state index contributed by atoms with van der Waals surface area (Å²) in [5.74, 6) is 1.25. The molecule has 1 saturated heterocycles. The van der Waals surface area contributed by atoms with Crippen molar-refractivity contribution in [1.82, 2.24) is 9.88 Å². The highest BCUT2D eigenvalue weighted by Gasteiger charge is 2.32. The summed E-state index contributed by atoms with van der Waals surface area (Å²) >= 11 is 0. The van der Waals surface area contributed by atoms with Crippen LogP contribution >= 0.6 is 0 Å². The number of hydrogen-bond donors (Lipinski definition) is 0. The summed E-state index contributed by atoms with van der Waals surface area (Å²) in [6, 6.07) is 4.62. The van der Waals surface area contributed by atoms with E-state index in [1.165, 1.54) is 5.56 Å². The minimum absolute atomic E-state index is 0.235. The molecule has 0 bridgehead atoms. The summed E-state index contributed by atoms with van der Waals surface area (Å²) in [4.78, 5) is 20.7. The van der Waals surface area contributed by atoms with Gasteiger partial charge in [0.15, 0.2) is 0 Å². The van der Waals surface area contributed by atoms with Crippen molar-refractivity contribution in [2.45, 2.75) is 73.9 Å². The van der Waals surface area contributed by atoms with Crippen molar-refractivity contribution in [1.29, 1.82) is 0 Å². The molecule has 4 nitrogen and oxygen atoms in total. The van der Waals surface area contributed by atoms with E-state index in [0.717, 1.165) is 18.9 Å². The number of amides is 1. The van der Waals surface area contributed by atoms with Gasteiger partial charge in [-0.05, 0) is 32.4 Å². The van der Waals surface area contributed by atoms with E-state index in [2.05, 4.69) is 35.9 Å². The van der Waals surface area contributed by atoms with Crippen LogP contribution in [0.2, 0.25) is 0 Å². The first kappa shape index (κ1) is 21.4. The highest BCUT2D eigenvalue weighted by atomic mass is 16.2. The lowest BCUT2D eigenvalue weighted by molar-refractivity contribution is -0.135. The zero-order valence-electron chi connectivity index (χ0n) is 16.3. The van der Waals surface area contributed by atoms with Crippen LogP contribution in [0.15, 0.2) is 18.3 Å². The number of piperazine rings is 1. The smallest absolute Gasteiger partial charge is 0.222 e. The van der Waals surface area contributed by atoms with Crippen LogP contribution in [0.25, 0.3) is 0 Å². The zero-order valence-corrected chi connectivity index (χ0v) is 16.3. The molecule has 2 unspecified atom stereocenters. The number of hydrogen-bond acceptors (Lipinski definition) is 3. The summed E-state index contributed by atoms with van der Waals surface area (Å²) in [5, 5.41) is 0. The van der Waals surface area contributed by atoms with Gasteiger partial charge in [-0.2, -0.15) is 0 Å². The molecule has 1 fully saturated rings. The largest absolute Gasteiger partial charge is 0.353 e. The minimum Gasteiger partial charge on any atom is -0.353 e. The Labute approximate surface area is 142 Å². The molecule has 23 heavy (non-hydrogen) atoms. The molecule has 4 heteroatoms. The van der Waals surface area contributed by atoms with Gasteiger partial charge in [-0.1, -0.05) is 40.7 Å². The number of aryl methyl sites for hydroxylation is 1. The molecule has 0 saturated carbocycles. The monoisotopic (exact) mass is 321 g/mol. The Balaban J connectivity index is 0.00000112. The van der Waals surface area contributed by atoms with Gasteiger partial charge in [0, 0.05) is 37.8 Å². The molecule has 2 rings (SSSR count). The molecule has 1 aromatic rings. The first-order valence-electron chi connectivity index (χ1n) is 9.01. The second-order valence-corrected chi connectivity index (χ2v) is 5.45. The van der Waals surface area contributed by atoms with Crippen molar-refractivity contribution in [2.24, 2.45) is 0 Å². The van der Waals surface area contributed by atoms with Crippen LogP contribution in [0, 0.1) is 6.92 Å². The van der Waals surface area contributed by atoms with Crippen LogP contribution < -0.4 is 4.90 Å². The van der Waals surface area contributed by atoms with Gasteiger partial charge in [0.25, 0.3) is 0 Å². The van der Waals surface area contributed by atoms with Gasteiger partial charge in [0.05, 0.1) is 0 Å². The number of anilines is 1. The van der Waals surface area contributed by atoms with Crippen molar-refractivity contribution in [3.63, 3.8) is 0 Å². The van der Waals surface area contributed by atoms with Gasteiger partial charge in [0.1, 0.15) is 5.82 Å². The quantitative estimate of drug-likeness (QED) is 0.816. The first-order chi connectivity index (χ1) is 11.0. The lowest BCUT2D eigenvalue weighted by atomic mass is 10.1. The molecule has 0 radical (unpaired) electrons. The fourth-order valence-corrected chi connectivity index (χ4v) is 2.83. The predicted octanol–water partition coefficient (Wildman–Crippen LogP) is 4.28. The molecule has 1 aromatic heterocycles. The van der Waals surface area contributed by atoms with E-state index in [1.807, 2.05) is 52.6 Å². The lowest BCUT2D eigenvalue weighted by Gasteiger charge is -2.45. The molecule has 0 aromatic carbocycles. The maximum atomic E-state index is 12.0. The topological polar surface area (TPSA) is 36.4 Å². The second-order valence-electron chi connectivity index (χ2n) is 5.45. The first-order valence-corrected chi connectivity index (χ1v) is 9.01. The Hall–Kier alpha value is -1.58.